The minimum atomic E-state index is -4.69. The second kappa shape index (κ2) is 7.86. The highest BCUT2D eigenvalue weighted by Crippen LogP contribution is 2.33. The van der Waals surface area contributed by atoms with Gasteiger partial charge in [0.1, 0.15) is 5.03 Å². The van der Waals surface area contributed by atoms with Gasteiger partial charge in [-0.3, -0.25) is 4.79 Å². The van der Waals surface area contributed by atoms with E-state index in [2.05, 4.69) is 15.3 Å². The Morgan fingerprint density at radius 1 is 1.18 bits per heavy atom. The van der Waals surface area contributed by atoms with Crippen LogP contribution >= 0.6 is 11.8 Å². The molecule has 0 aliphatic rings. The number of fused-ring (bicyclic) bond motifs is 1. The number of hydrogen-bond acceptors (Lipinski definition) is 5. The molecule has 1 atom stereocenters. The smallest absolute Gasteiger partial charge is 0.325 e. The fourth-order valence-corrected chi connectivity index (χ4v) is 3.34. The topological polar surface area (TPSA) is 78.7 Å². The van der Waals surface area contributed by atoms with E-state index in [1.807, 2.05) is 6.07 Å². The SMILES string of the molecule is C[C@@H](Sc1nc(C(F)(F)F)nc2ccccc12)C(=O)Nc1cccc(C#N)c1. The van der Waals surface area contributed by atoms with E-state index >= 15 is 0 Å². The lowest BCUT2D eigenvalue weighted by Gasteiger charge is -2.14. The molecule has 28 heavy (non-hydrogen) atoms. The highest BCUT2D eigenvalue weighted by Gasteiger charge is 2.35. The van der Waals surface area contributed by atoms with E-state index in [1.54, 1.807) is 43.3 Å². The summed E-state index contributed by atoms with van der Waals surface area (Å²) in [7, 11) is 0. The van der Waals surface area contributed by atoms with Gasteiger partial charge in [-0.1, -0.05) is 36.0 Å². The summed E-state index contributed by atoms with van der Waals surface area (Å²) in [5.41, 5.74) is 0.969. The van der Waals surface area contributed by atoms with Gasteiger partial charge in [0, 0.05) is 11.1 Å². The number of hydrogen-bond donors (Lipinski definition) is 1. The molecule has 0 spiro atoms. The Morgan fingerprint density at radius 2 is 1.93 bits per heavy atom. The van der Waals surface area contributed by atoms with Crippen LogP contribution in [0.15, 0.2) is 53.6 Å². The van der Waals surface area contributed by atoms with Crippen molar-refractivity contribution >= 4 is 34.3 Å². The lowest BCUT2D eigenvalue weighted by atomic mass is 10.2. The Balaban J connectivity index is 1.86. The first-order valence-electron chi connectivity index (χ1n) is 8.09. The molecule has 0 saturated carbocycles. The molecule has 3 aromatic rings. The van der Waals surface area contributed by atoms with Crippen LogP contribution in [0.5, 0.6) is 0 Å². The minimum absolute atomic E-state index is 0.0753. The van der Waals surface area contributed by atoms with Crippen molar-refractivity contribution in [3.05, 3.63) is 59.9 Å². The number of rotatable bonds is 4. The molecule has 0 aliphatic heterocycles. The van der Waals surface area contributed by atoms with Crippen molar-refractivity contribution in [2.24, 2.45) is 0 Å². The third-order valence-corrected chi connectivity index (χ3v) is 4.84. The van der Waals surface area contributed by atoms with Crippen molar-refractivity contribution in [1.82, 2.24) is 9.97 Å². The summed E-state index contributed by atoms with van der Waals surface area (Å²) >= 11 is 0.912. The monoisotopic (exact) mass is 402 g/mol. The van der Waals surface area contributed by atoms with E-state index < -0.39 is 23.2 Å². The maximum Gasteiger partial charge on any atom is 0.451 e. The van der Waals surface area contributed by atoms with Crippen LogP contribution in [0, 0.1) is 11.3 Å². The van der Waals surface area contributed by atoms with Gasteiger partial charge in [-0.25, -0.2) is 9.97 Å². The maximum absolute atomic E-state index is 13.1. The summed E-state index contributed by atoms with van der Waals surface area (Å²) in [6.45, 7) is 1.57. The third-order valence-electron chi connectivity index (χ3n) is 3.74. The first-order chi connectivity index (χ1) is 13.3. The zero-order valence-electron chi connectivity index (χ0n) is 14.5. The molecule has 0 bridgehead atoms. The van der Waals surface area contributed by atoms with Gasteiger partial charge in [-0.15, -0.1) is 0 Å². The molecule has 5 nitrogen and oxygen atoms in total. The highest BCUT2D eigenvalue weighted by atomic mass is 32.2. The van der Waals surface area contributed by atoms with Crippen molar-refractivity contribution in [2.45, 2.75) is 23.4 Å². The van der Waals surface area contributed by atoms with Gasteiger partial charge in [-0.2, -0.15) is 18.4 Å². The predicted molar refractivity (Wildman–Crippen MR) is 99.6 cm³/mol. The second-order valence-corrected chi connectivity index (χ2v) is 7.14. The number of anilines is 1. The molecule has 1 N–H and O–H groups in total. The molecule has 1 amide bonds. The number of carbonyl (C=O) groups is 1. The van der Waals surface area contributed by atoms with Gasteiger partial charge < -0.3 is 5.32 Å². The summed E-state index contributed by atoms with van der Waals surface area (Å²) in [5, 5.41) is 11.4. The van der Waals surface area contributed by atoms with Crippen molar-refractivity contribution in [3.8, 4) is 6.07 Å². The number of thioether (sulfide) groups is 1. The number of alkyl halides is 3. The molecule has 0 saturated heterocycles. The maximum atomic E-state index is 13.1. The van der Waals surface area contributed by atoms with Crippen LogP contribution < -0.4 is 5.32 Å². The summed E-state index contributed by atoms with van der Waals surface area (Å²) < 4.78 is 39.3. The van der Waals surface area contributed by atoms with Crippen molar-refractivity contribution in [3.63, 3.8) is 0 Å². The standard InChI is InChI=1S/C19H13F3N4OS/c1-11(16(27)24-13-6-4-5-12(9-13)10-23)28-17-14-7-2-3-8-15(14)25-18(26-17)19(20,21)22/h2-9,11H,1H3,(H,24,27)/t11-/m1/s1. The molecular weight excluding hydrogens is 389 g/mol. The van der Waals surface area contributed by atoms with E-state index in [4.69, 9.17) is 5.26 Å². The molecule has 0 aliphatic carbocycles. The zero-order chi connectivity index (χ0) is 20.3. The van der Waals surface area contributed by atoms with Crippen LogP contribution in [0.2, 0.25) is 0 Å². The van der Waals surface area contributed by atoms with Crippen molar-refractivity contribution < 1.29 is 18.0 Å². The number of benzene rings is 2. The van der Waals surface area contributed by atoms with Gasteiger partial charge in [0.25, 0.3) is 0 Å². The normalized spacial score (nSPS) is 12.4. The average Bonchev–Trinajstić information content (AvgIpc) is 2.67. The summed E-state index contributed by atoms with van der Waals surface area (Å²) in [6, 6.07) is 14.7. The average molecular weight is 402 g/mol. The van der Waals surface area contributed by atoms with Gasteiger partial charge in [0.2, 0.25) is 11.7 Å². The zero-order valence-corrected chi connectivity index (χ0v) is 15.3. The third kappa shape index (κ3) is 4.40. The number of amides is 1. The Morgan fingerprint density at radius 3 is 2.64 bits per heavy atom. The highest BCUT2D eigenvalue weighted by molar-refractivity contribution is 8.00. The van der Waals surface area contributed by atoms with E-state index in [-0.39, 0.29) is 10.5 Å². The van der Waals surface area contributed by atoms with Crippen molar-refractivity contribution in [2.75, 3.05) is 5.32 Å². The van der Waals surface area contributed by atoms with E-state index in [1.165, 1.54) is 12.1 Å². The Bertz CT molecular complexity index is 1080. The number of aromatic nitrogens is 2. The molecule has 0 radical (unpaired) electrons. The van der Waals surface area contributed by atoms with Crippen LogP contribution in [0.25, 0.3) is 10.9 Å². The van der Waals surface area contributed by atoms with Gasteiger partial charge in [0.15, 0.2) is 0 Å². The molecular formula is C19H13F3N4OS. The van der Waals surface area contributed by atoms with Crippen LogP contribution in [0.1, 0.15) is 18.3 Å². The largest absolute Gasteiger partial charge is 0.451 e. The van der Waals surface area contributed by atoms with Gasteiger partial charge in [0.05, 0.1) is 22.4 Å². The molecule has 9 heteroatoms. The Hall–Kier alpha value is -3.12. The number of nitriles is 1. The Labute approximate surface area is 162 Å². The molecule has 1 heterocycles. The lowest BCUT2D eigenvalue weighted by Crippen LogP contribution is -2.23. The summed E-state index contributed by atoms with van der Waals surface area (Å²) in [5.74, 6) is -1.67. The Kier molecular flexibility index (Phi) is 5.51. The predicted octanol–water partition coefficient (Wildman–Crippen LogP) is 4.64. The summed E-state index contributed by atoms with van der Waals surface area (Å²) in [4.78, 5) is 19.7. The van der Waals surface area contributed by atoms with E-state index in [0.29, 0.717) is 16.6 Å². The minimum Gasteiger partial charge on any atom is -0.325 e. The van der Waals surface area contributed by atoms with Crippen LogP contribution in [-0.2, 0) is 11.0 Å². The molecule has 0 unspecified atom stereocenters. The van der Waals surface area contributed by atoms with Gasteiger partial charge in [-0.05, 0) is 31.2 Å². The molecule has 1 aromatic heterocycles. The number of para-hydroxylation sites is 1. The molecule has 3 rings (SSSR count). The van der Waals surface area contributed by atoms with Crippen LogP contribution in [0.3, 0.4) is 0 Å². The molecule has 2 aromatic carbocycles. The molecule has 142 valence electrons. The number of nitrogens with one attached hydrogen (secondary N) is 1. The van der Waals surface area contributed by atoms with Crippen LogP contribution in [0.4, 0.5) is 18.9 Å². The molecule has 0 fully saturated rings. The quantitative estimate of drug-likeness (QED) is 0.508. The van der Waals surface area contributed by atoms with E-state index in [9.17, 15) is 18.0 Å². The fraction of sp³-hybridized carbons (Fsp3) is 0.158. The van der Waals surface area contributed by atoms with Gasteiger partial charge >= 0.3 is 6.18 Å². The first kappa shape index (κ1) is 19.6. The number of halogens is 3. The second-order valence-electron chi connectivity index (χ2n) is 5.81. The number of carbonyl (C=O) groups excluding carboxylic acids is 1. The first-order valence-corrected chi connectivity index (χ1v) is 8.97. The number of nitrogens with zero attached hydrogens (tertiary/aromatic N) is 3. The lowest BCUT2D eigenvalue weighted by molar-refractivity contribution is -0.145. The fourth-order valence-electron chi connectivity index (χ4n) is 2.40. The summed E-state index contributed by atoms with van der Waals surface area (Å²) in [6.07, 6.45) is -4.69. The van der Waals surface area contributed by atoms with Crippen LogP contribution in [-0.4, -0.2) is 21.1 Å². The van der Waals surface area contributed by atoms with E-state index in [0.717, 1.165) is 11.8 Å². The van der Waals surface area contributed by atoms with Crippen molar-refractivity contribution in [1.29, 1.82) is 5.26 Å².